The summed E-state index contributed by atoms with van der Waals surface area (Å²) in [6, 6.07) is 9.49. The summed E-state index contributed by atoms with van der Waals surface area (Å²) in [5.41, 5.74) is 1.09. The summed E-state index contributed by atoms with van der Waals surface area (Å²) in [5.74, 6) is -0.920. The highest BCUT2D eigenvalue weighted by Crippen LogP contribution is 2.07. The fourth-order valence-electron chi connectivity index (χ4n) is 2.21. The number of nitrogens with one attached hydrogen (secondary N) is 2. The fourth-order valence-corrected chi connectivity index (χ4v) is 2.21. The van der Waals surface area contributed by atoms with Crippen LogP contribution in [-0.4, -0.2) is 29.4 Å². The molecule has 0 aliphatic carbocycles. The Bertz CT molecular complexity index is 749. The topological polar surface area (TPSA) is 71.1 Å². The average molecular weight is 343 g/mol. The predicted octanol–water partition coefficient (Wildman–Crippen LogP) is 2.72. The molecule has 0 aliphatic rings. The summed E-state index contributed by atoms with van der Waals surface area (Å²) < 4.78 is 13.5. The van der Waals surface area contributed by atoms with Crippen LogP contribution in [0.3, 0.4) is 0 Å². The Hall–Kier alpha value is -2.76. The molecular weight excluding hydrogens is 321 g/mol. The predicted molar refractivity (Wildman–Crippen MR) is 93.9 cm³/mol. The van der Waals surface area contributed by atoms with E-state index < -0.39 is 0 Å². The largest absolute Gasteiger partial charge is 0.352 e. The van der Waals surface area contributed by atoms with Gasteiger partial charge in [0.15, 0.2) is 0 Å². The van der Waals surface area contributed by atoms with Gasteiger partial charge in [0.25, 0.3) is 11.8 Å². The van der Waals surface area contributed by atoms with Crippen LogP contribution in [0.25, 0.3) is 0 Å². The maximum Gasteiger partial charge on any atom is 0.270 e. The molecule has 1 unspecified atom stereocenters. The van der Waals surface area contributed by atoms with Gasteiger partial charge in [0.1, 0.15) is 11.5 Å². The first kappa shape index (κ1) is 18.6. The van der Waals surface area contributed by atoms with Gasteiger partial charge in [0.2, 0.25) is 0 Å². The average Bonchev–Trinajstić information content (AvgIpc) is 2.63. The summed E-state index contributed by atoms with van der Waals surface area (Å²) >= 11 is 0. The van der Waals surface area contributed by atoms with Crippen LogP contribution in [-0.2, 0) is 6.42 Å². The van der Waals surface area contributed by atoms with Gasteiger partial charge in [-0.2, -0.15) is 0 Å². The fraction of sp³-hybridized carbons (Fsp3) is 0.316. The molecule has 132 valence electrons. The van der Waals surface area contributed by atoms with Crippen LogP contribution in [0, 0.1) is 5.82 Å². The lowest BCUT2D eigenvalue weighted by molar-refractivity contribution is 0.0934. The molecule has 0 fully saturated rings. The van der Waals surface area contributed by atoms with Crippen LogP contribution in [0.2, 0.25) is 0 Å². The summed E-state index contributed by atoms with van der Waals surface area (Å²) in [6.45, 7) is 4.17. The minimum absolute atomic E-state index is 0.0348. The van der Waals surface area contributed by atoms with Crippen molar-refractivity contribution >= 4 is 11.8 Å². The maximum absolute atomic E-state index is 13.5. The summed E-state index contributed by atoms with van der Waals surface area (Å²) in [7, 11) is 0. The van der Waals surface area contributed by atoms with Gasteiger partial charge in [-0.05, 0) is 43.5 Å². The molecule has 0 aliphatic heterocycles. The number of hydrogen-bond acceptors (Lipinski definition) is 3. The van der Waals surface area contributed by atoms with E-state index in [1.807, 2.05) is 13.8 Å². The standard InChI is InChI=1S/C19H22FN3O2/c1-3-13(2)23-19(25)17-12-15(9-10-21-17)18(24)22-11-8-14-6-4-5-7-16(14)20/h4-7,9-10,12-13H,3,8,11H2,1-2H3,(H,22,24)(H,23,25). The van der Waals surface area contributed by atoms with Crippen molar-refractivity contribution in [3.8, 4) is 0 Å². The van der Waals surface area contributed by atoms with E-state index in [0.29, 0.717) is 24.1 Å². The van der Waals surface area contributed by atoms with Crippen molar-refractivity contribution in [2.24, 2.45) is 0 Å². The van der Waals surface area contributed by atoms with E-state index in [1.54, 1.807) is 24.3 Å². The van der Waals surface area contributed by atoms with Gasteiger partial charge in [-0.25, -0.2) is 4.39 Å². The first-order valence-electron chi connectivity index (χ1n) is 8.29. The molecule has 2 N–H and O–H groups in total. The molecule has 2 aromatic rings. The first-order chi connectivity index (χ1) is 12.0. The quantitative estimate of drug-likeness (QED) is 0.812. The van der Waals surface area contributed by atoms with Crippen molar-refractivity contribution in [3.05, 3.63) is 65.2 Å². The third-order valence-electron chi connectivity index (χ3n) is 3.88. The molecular formula is C19H22FN3O2. The second-order valence-electron chi connectivity index (χ2n) is 5.81. The summed E-state index contributed by atoms with van der Waals surface area (Å²) in [4.78, 5) is 28.3. The molecule has 0 radical (unpaired) electrons. The SMILES string of the molecule is CCC(C)NC(=O)c1cc(C(=O)NCCc2ccccc2F)ccn1. The Morgan fingerprint density at radius 3 is 2.68 bits per heavy atom. The highest BCUT2D eigenvalue weighted by atomic mass is 19.1. The van der Waals surface area contributed by atoms with Gasteiger partial charge in [0.05, 0.1) is 0 Å². The van der Waals surface area contributed by atoms with Crippen LogP contribution in [0.1, 0.15) is 46.7 Å². The molecule has 6 heteroatoms. The molecule has 0 bridgehead atoms. The zero-order chi connectivity index (χ0) is 18.2. The number of aromatic nitrogens is 1. The highest BCUT2D eigenvalue weighted by Gasteiger charge is 2.13. The molecule has 1 heterocycles. The Labute approximate surface area is 146 Å². The Morgan fingerprint density at radius 2 is 1.96 bits per heavy atom. The van der Waals surface area contributed by atoms with Gasteiger partial charge in [0, 0.05) is 24.3 Å². The molecule has 0 spiro atoms. The van der Waals surface area contributed by atoms with E-state index in [-0.39, 0.29) is 29.4 Å². The lowest BCUT2D eigenvalue weighted by Crippen LogP contribution is -2.33. The van der Waals surface area contributed by atoms with Crippen LogP contribution >= 0.6 is 0 Å². The van der Waals surface area contributed by atoms with Crippen molar-refractivity contribution in [3.63, 3.8) is 0 Å². The van der Waals surface area contributed by atoms with Crippen LogP contribution in [0.15, 0.2) is 42.6 Å². The molecule has 2 amide bonds. The zero-order valence-corrected chi connectivity index (χ0v) is 14.4. The van der Waals surface area contributed by atoms with Crippen LogP contribution in [0.4, 0.5) is 4.39 Å². The first-order valence-corrected chi connectivity index (χ1v) is 8.29. The van der Waals surface area contributed by atoms with E-state index in [0.717, 1.165) is 6.42 Å². The second kappa shape index (κ2) is 8.92. The molecule has 2 rings (SSSR count). The number of hydrogen-bond donors (Lipinski definition) is 2. The number of benzene rings is 1. The molecule has 1 aromatic carbocycles. The van der Waals surface area contributed by atoms with Crippen molar-refractivity contribution in [2.75, 3.05) is 6.54 Å². The third kappa shape index (κ3) is 5.38. The number of halogens is 1. The minimum Gasteiger partial charge on any atom is -0.352 e. The highest BCUT2D eigenvalue weighted by molar-refractivity contribution is 5.98. The normalized spacial score (nSPS) is 11.6. The van der Waals surface area contributed by atoms with Gasteiger partial charge >= 0.3 is 0 Å². The zero-order valence-electron chi connectivity index (χ0n) is 14.4. The van der Waals surface area contributed by atoms with E-state index in [4.69, 9.17) is 0 Å². The number of amides is 2. The van der Waals surface area contributed by atoms with Gasteiger partial charge in [-0.1, -0.05) is 25.1 Å². The minimum atomic E-state index is -0.323. The van der Waals surface area contributed by atoms with Crippen molar-refractivity contribution in [2.45, 2.75) is 32.7 Å². The monoisotopic (exact) mass is 343 g/mol. The molecule has 1 atom stereocenters. The number of carbonyl (C=O) groups excluding carboxylic acids is 2. The second-order valence-corrected chi connectivity index (χ2v) is 5.81. The smallest absolute Gasteiger partial charge is 0.270 e. The van der Waals surface area contributed by atoms with E-state index >= 15 is 0 Å². The molecule has 5 nitrogen and oxygen atoms in total. The van der Waals surface area contributed by atoms with Gasteiger partial charge < -0.3 is 10.6 Å². The van der Waals surface area contributed by atoms with Crippen molar-refractivity contribution < 1.29 is 14.0 Å². The van der Waals surface area contributed by atoms with E-state index in [2.05, 4.69) is 15.6 Å². The molecule has 0 saturated heterocycles. The van der Waals surface area contributed by atoms with Crippen LogP contribution in [0.5, 0.6) is 0 Å². The van der Waals surface area contributed by atoms with Crippen molar-refractivity contribution in [1.82, 2.24) is 15.6 Å². The van der Waals surface area contributed by atoms with Gasteiger partial charge in [-0.15, -0.1) is 0 Å². The molecule has 25 heavy (non-hydrogen) atoms. The van der Waals surface area contributed by atoms with Crippen LogP contribution < -0.4 is 10.6 Å². The Kier molecular flexibility index (Phi) is 6.62. The Morgan fingerprint density at radius 1 is 1.20 bits per heavy atom. The summed E-state index contributed by atoms with van der Waals surface area (Å²) in [5, 5.41) is 5.54. The molecule has 1 aromatic heterocycles. The lowest BCUT2D eigenvalue weighted by Gasteiger charge is -2.11. The van der Waals surface area contributed by atoms with E-state index in [1.165, 1.54) is 18.3 Å². The number of pyridine rings is 1. The number of nitrogens with zero attached hydrogens (tertiary/aromatic N) is 1. The van der Waals surface area contributed by atoms with Gasteiger partial charge in [-0.3, -0.25) is 14.6 Å². The summed E-state index contributed by atoms with van der Waals surface area (Å²) in [6.07, 6.45) is 2.63. The Balaban J connectivity index is 1.94. The van der Waals surface area contributed by atoms with E-state index in [9.17, 15) is 14.0 Å². The molecule has 0 saturated carbocycles. The number of carbonyl (C=O) groups is 2. The third-order valence-corrected chi connectivity index (χ3v) is 3.88. The maximum atomic E-state index is 13.5. The number of rotatable bonds is 7. The van der Waals surface area contributed by atoms with Crippen molar-refractivity contribution in [1.29, 1.82) is 0 Å². The lowest BCUT2D eigenvalue weighted by atomic mass is 10.1.